The van der Waals surface area contributed by atoms with Gasteiger partial charge >= 0.3 is 0 Å². The van der Waals surface area contributed by atoms with E-state index >= 15 is 0 Å². The number of methoxy groups -OCH3 is 1. The number of aromatic nitrogens is 2. The zero-order valence-electron chi connectivity index (χ0n) is 11.0. The van der Waals surface area contributed by atoms with Gasteiger partial charge in [-0.25, -0.2) is 0 Å². The van der Waals surface area contributed by atoms with E-state index in [-0.39, 0.29) is 17.9 Å². The number of hydrogen-bond acceptors (Lipinski definition) is 5. The Morgan fingerprint density at radius 1 is 1.61 bits per heavy atom. The number of hydrogen-bond donors (Lipinski definition) is 0. The summed E-state index contributed by atoms with van der Waals surface area (Å²) in [6.07, 6.45) is 1.88. The summed E-state index contributed by atoms with van der Waals surface area (Å²) in [5, 5.41) is 3.95. The van der Waals surface area contributed by atoms with E-state index in [1.807, 2.05) is 18.7 Å². The minimum Gasteiger partial charge on any atom is -0.375 e. The Morgan fingerprint density at radius 2 is 2.39 bits per heavy atom. The van der Waals surface area contributed by atoms with E-state index in [1.54, 1.807) is 7.11 Å². The molecule has 1 saturated heterocycles. The van der Waals surface area contributed by atoms with Gasteiger partial charge in [-0.2, -0.15) is 4.98 Å². The van der Waals surface area contributed by atoms with E-state index in [2.05, 4.69) is 10.1 Å². The summed E-state index contributed by atoms with van der Waals surface area (Å²) in [6.45, 7) is 4.89. The first-order chi connectivity index (χ1) is 8.63. The van der Waals surface area contributed by atoms with Crippen LogP contribution in [0.5, 0.6) is 0 Å². The third-order valence-corrected chi connectivity index (χ3v) is 3.08. The third kappa shape index (κ3) is 2.53. The maximum Gasteiger partial charge on any atom is 0.252 e. The molecule has 6 heteroatoms. The Balaban J connectivity index is 2.12. The molecule has 1 fully saturated rings. The fourth-order valence-electron chi connectivity index (χ4n) is 2.22. The van der Waals surface area contributed by atoms with E-state index in [4.69, 9.17) is 9.26 Å². The van der Waals surface area contributed by atoms with E-state index in [9.17, 15) is 4.79 Å². The van der Waals surface area contributed by atoms with Gasteiger partial charge in [-0.1, -0.05) is 19.0 Å². The maximum atomic E-state index is 12.1. The molecule has 1 aromatic heterocycles. The van der Waals surface area contributed by atoms with Crippen molar-refractivity contribution in [3.05, 3.63) is 11.7 Å². The van der Waals surface area contributed by atoms with Crippen molar-refractivity contribution in [3.63, 3.8) is 0 Å². The van der Waals surface area contributed by atoms with Crippen LogP contribution in [0.1, 0.15) is 44.4 Å². The van der Waals surface area contributed by atoms with Crippen molar-refractivity contribution in [2.24, 2.45) is 5.92 Å². The van der Waals surface area contributed by atoms with Crippen LogP contribution in [-0.4, -0.2) is 34.6 Å². The van der Waals surface area contributed by atoms with Crippen LogP contribution in [-0.2, 0) is 16.1 Å². The molecule has 1 aromatic rings. The number of ether oxygens (including phenoxy) is 1. The highest BCUT2D eigenvalue weighted by Gasteiger charge is 2.34. The Hall–Kier alpha value is -1.43. The largest absolute Gasteiger partial charge is 0.375 e. The molecule has 0 saturated carbocycles. The molecule has 1 aliphatic rings. The van der Waals surface area contributed by atoms with Crippen LogP contribution in [0.15, 0.2) is 4.52 Å². The average molecular weight is 253 g/mol. The topological polar surface area (TPSA) is 68.5 Å². The molecule has 18 heavy (non-hydrogen) atoms. The second kappa shape index (κ2) is 5.48. The minimum atomic E-state index is -0.0470. The molecule has 0 radical (unpaired) electrons. The summed E-state index contributed by atoms with van der Waals surface area (Å²) < 4.78 is 10.0. The van der Waals surface area contributed by atoms with Gasteiger partial charge in [0.15, 0.2) is 5.82 Å². The van der Waals surface area contributed by atoms with Gasteiger partial charge in [0.05, 0.1) is 6.04 Å². The highest BCUT2D eigenvalue weighted by atomic mass is 16.5. The first kappa shape index (κ1) is 13.0. The second-order valence-electron chi connectivity index (χ2n) is 4.82. The third-order valence-electron chi connectivity index (χ3n) is 3.08. The number of nitrogens with zero attached hydrogens (tertiary/aromatic N) is 3. The first-order valence-electron chi connectivity index (χ1n) is 6.25. The molecule has 2 heterocycles. The highest BCUT2D eigenvalue weighted by molar-refractivity contribution is 5.78. The highest BCUT2D eigenvalue weighted by Crippen LogP contribution is 2.31. The lowest BCUT2D eigenvalue weighted by Gasteiger charge is -2.23. The van der Waals surface area contributed by atoms with Crippen molar-refractivity contribution in [3.8, 4) is 0 Å². The van der Waals surface area contributed by atoms with Gasteiger partial charge in [-0.15, -0.1) is 0 Å². The smallest absolute Gasteiger partial charge is 0.252 e. The Kier molecular flexibility index (Phi) is 3.96. The summed E-state index contributed by atoms with van der Waals surface area (Å²) >= 11 is 0. The molecular formula is C12H19N3O3. The van der Waals surface area contributed by atoms with Crippen molar-refractivity contribution < 1.29 is 14.1 Å². The van der Waals surface area contributed by atoms with E-state index in [1.165, 1.54) is 0 Å². The number of likely N-dealkylation sites (tertiary alicyclic amines) is 1. The Morgan fingerprint density at radius 3 is 3.06 bits per heavy atom. The molecule has 100 valence electrons. The standard InChI is InChI=1S/C12H19N3O3/c1-8(2)12(16)15-6-4-5-9(15)11-13-10(7-17-3)18-14-11/h8-9H,4-7H2,1-3H3. The molecule has 0 aliphatic carbocycles. The molecule has 0 spiro atoms. The van der Waals surface area contributed by atoms with Gasteiger partial charge in [-0.3, -0.25) is 4.79 Å². The lowest BCUT2D eigenvalue weighted by atomic mass is 10.1. The molecule has 6 nitrogen and oxygen atoms in total. The predicted octanol–water partition coefficient (Wildman–Crippen LogP) is 1.54. The molecule has 1 amide bonds. The van der Waals surface area contributed by atoms with Crippen LogP contribution in [0.2, 0.25) is 0 Å². The van der Waals surface area contributed by atoms with Crippen LogP contribution >= 0.6 is 0 Å². The predicted molar refractivity (Wildman–Crippen MR) is 63.5 cm³/mol. The number of rotatable bonds is 4. The molecular weight excluding hydrogens is 234 g/mol. The molecule has 2 rings (SSSR count). The molecule has 0 N–H and O–H groups in total. The fourth-order valence-corrected chi connectivity index (χ4v) is 2.22. The van der Waals surface area contributed by atoms with Crippen LogP contribution in [0.25, 0.3) is 0 Å². The van der Waals surface area contributed by atoms with Crippen molar-refractivity contribution in [2.75, 3.05) is 13.7 Å². The molecule has 0 aromatic carbocycles. The second-order valence-corrected chi connectivity index (χ2v) is 4.82. The van der Waals surface area contributed by atoms with Crippen molar-refractivity contribution in [1.82, 2.24) is 15.0 Å². The average Bonchev–Trinajstić information content (AvgIpc) is 2.95. The SMILES string of the molecule is COCc1nc(C2CCCN2C(=O)C(C)C)no1. The Bertz CT molecular complexity index is 416. The van der Waals surface area contributed by atoms with Gasteiger partial charge in [0.1, 0.15) is 6.61 Å². The van der Waals surface area contributed by atoms with Crippen molar-refractivity contribution in [2.45, 2.75) is 39.3 Å². The Labute approximate surface area is 106 Å². The van der Waals surface area contributed by atoms with Crippen LogP contribution in [0, 0.1) is 5.92 Å². The zero-order chi connectivity index (χ0) is 13.1. The number of amides is 1. The lowest BCUT2D eigenvalue weighted by molar-refractivity contribution is -0.135. The maximum absolute atomic E-state index is 12.1. The quantitative estimate of drug-likeness (QED) is 0.814. The summed E-state index contributed by atoms with van der Waals surface area (Å²) in [6, 6.07) is -0.0470. The number of carbonyl (C=O) groups excluding carboxylic acids is 1. The van der Waals surface area contributed by atoms with Crippen molar-refractivity contribution >= 4 is 5.91 Å². The summed E-state index contributed by atoms with van der Waals surface area (Å²) in [7, 11) is 1.58. The van der Waals surface area contributed by atoms with Gasteiger partial charge in [0.2, 0.25) is 5.91 Å². The normalized spacial score (nSPS) is 19.8. The summed E-state index contributed by atoms with van der Waals surface area (Å²) in [5.74, 6) is 1.19. The van der Waals surface area contributed by atoms with E-state index < -0.39 is 0 Å². The van der Waals surface area contributed by atoms with Gasteiger partial charge in [0, 0.05) is 19.6 Å². The fraction of sp³-hybridized carbons (Fsp3) is 0.750. The van der Waals surface area contributed by atoms with E-state index in [0.717, 1.165) is 19.4 Å². The molecule has 1 atom stereocenters. The van der Waals surface area contributed by atoms with Gasteiger partial charge in [0.25, 0.3) is 5.89 Å². The monoisotopic (exact) mass is 253 g/mol. The van der Waals surface area contributed by atoms with Crippen LogP contribution in [0.3, 0.4) is 0 Å². The molecule has 1 aliphatic heterocycles. The van der Waals surface area contributed by atoms with Crippen LogP contribution < -0.4 is 0 Å². The summed E-state index contributed by atoms with van der Waals surface area (Å²) in [5.41, 5.74) is 0. The lowest BCUT2D eigenvalue weighted by Crippen LogP contribution is -2.34. The minimum absolute atomic E-state index is 0.00375. The molecule has 1 unspecified atom stereocenters. The first-order valence-corrected chi connectivity index (χ1v) is 6.25. The van der Waals surface area contributed by atoms with E-state index in [0.29, 0.717) is 18.3 Å². The zero-order valence-corrected chi connectivity index (χ0v) is 11.0. The van der Waals surface area contributed by atoms with Crippen LogP contribution in [0.4, 0.5) is 0 Å². The summed E-state index contributed by atoms with van der Waals surface area (Å²) in [4.78, 5) is 18.2. The van der Waals surface area contributed by atoms with Gasteiger partial charge < -0.3 is 14.2 Å². The number of carbonyl (C=O) groups is 1. The van der Waals surface area contributed by atoms with Crippen molar-refractivity contribution in [1.29, 1.82) is 0 Å². The molecule has 0 bridgehead atoms. The van der Waals surface area contributed by atoms with Gasteiger partial charge in [-0.05, 0) is 12.8 Å².